The molecule has 1 atom stereocenters. The van der Waals surface area contributed by atoms with Crippen molar-refractivity contribution in [2.24, 2.45) is 7.05 Å². The van der Waals surface area contributed by atoms with Crippen molar-refractivity contribution in [1.82, 2.24) is 29.7 Å². The predicted octanol–water partition coefficient (Wildman–Crippen LogP) is 5.25. The lowest BCUT2D eigenvalue weighted by Gasteiger charge is -2.35. The molecule has 1 saturated heterocycles. The third-order valence-corrected chi connectivity index (χ3v) is 10.9. The molecule has 2 aliphatic heterocycles. The molecule has 6 heterocycles. The summed E-state index contributed by atoms with van der Waals surface area (Å²) in [4.78, 5) is 51.4. The molecule has 14 nitrogen and oxygen atoms in total. The van der Waals surface area contributed by atoms with E-state index in [1.165, 1.54) is 11.1 Å². The molecule has 59 heavy (non-hydrogen) atoms. The first-order chi connectivity index (χ1) is 28.8. The second-order valence-electron chi connectivity index (χ2n) is 14.6. The Morgan fingerprint density at radius 2 is 1.75 bits per heavy atom. The number of piperidine rings is 1. The zero-order valence-electron chi connectivity index (χ0n) is 32.0. The van der Waals surface area contributed by atoms with Crippen molar-refractivity contribution in [3.63, 3.8) is 0 Å². The maximum Gasteiger partial charge on any atom is 0.255 e. The average Bonchev–Trinajstić information content (AvgIpc) is 3.72. The molecule has 0 spiro atoms. The van der Waals surface area contributed by atoms with Crippen LogP contribution in [0.2, 0.25) is 0 Å². The number of rotatable bonds is 11. The van der Waals surface area contributed by atoms with Gasteiger partial charge in [-0.3, -0.25) is 24.7 Å². The highest BCUT2D eigenvalue weighted by atomic mass is 16.5. The number of nitrogens with one attached hydrogen (secondary N) is 1. The number of nitrogens with zero attached hydrogens (tertiary/aromatic N) is 6. The SMILES string of the molecule is Cn1c2ccncc2c2ccc(-c3ccc(O[C@H]4C[C@H](Oc5cnc(C#CCOCCOc6ccc7c(c6)CN([C@H]6CCC(=O)NC6=O)C7=O)cc5C#N)C4)nc3)cc21. The first-order valence-electron chi connectivity index (χ1n) is 19.3. The van der Waals surface area contributed by atoms with E-state index < -0.39 is 11.9 Å². The topological polar surface area (TPSA) is 171 Å². The molecule has 0 radical (unpaired) electrons. The second kappa shape index (κ2) is 15.9. The molecular formula is C45H37N7O7. The van der Waals surface area contributed by atoms with Crippen molar-refractivity contribution >= 4 is 39.5 Å². The van der Waals surface area contributed by atoms with Crippen LogP contribution < -0.4 is 19.5 Å². The minimum absolute atomic E-state index is 0.0509. The molecule has 0 unspecified atom stereocenters. The third-order valence-electron chi connectivity index (χ3n) is 10.9. The summed E-state index contributed by atoms with van der Waals surface area (Å²) in [5.74, 6) is 6.35. The largest absolute Gasteiger partial charge is 0.491 e. The summed E-state index contributed by atoms with van der Waals surface area (Å²) in [5.41, 5.74) is 6.38. The van der Waals surface area contributed by atoms with E-state index in [0.717, 1.165) is 38.5 Å². The fraction of sp³-hybridized carbons (Fsp3) is 0.267. The van der Waals surface area contributed by atoms with Crippen molar-refractivity contribution in [1.29, 1.82) is 5.26 Å². The molecule has 2 aromatic carbocycles. The Labute approximate surface area is 338 Å². The van der Waals surface area contributed by atoms with E-state index in [1.807, 2.05) is 36.8 Å². The van der Waals surface area contributed by atoms with Crippen LogP contribution in [0.15, 0.2) is 85.5 Å². The van der Waals surface area contributed by atoms with Gasteiger partial charge in [-0.1, -0.05) is 18.1 Å². The van der Waals surface area contributed by atoms with Gasteiger partial charge in [-0.05, 0) is 65.9 Å². The predicted molar refractivity (Wildman–Crippen MR) is 214 cm³/mol. The van der Waals surface area contributed by atoms with E-state index >= 15 is 0 Å². The zero-order valence-corrected chi connectivity index (χ0v) is 32.0. The van der Waals surface area contributed by atoms with Crippen LogP contribution in [0.1, 0.15) is 52.9 Å². The van der Waals surface area contributed by atoms with E-state index in [-0.39, 0.29) is 56.8 Å². The van der Waals surface area contributed by atoms with Crippen LogP contribution in [-0.2, 0) is 27.9 Å². The Bertz CT molecular complexity index is 2740. The molecule has 9 rings (SSSR count). The van der Waals surface area contributed by atoms with E-state index in [4.69, 9.17) is 18.9 Å². The van der Waals surface area contributed by atoms with E-state index in [2.05, 4.69) is 68.0 Å². The van der Waals surface area contributed by atoms with Crippen molar-refractivity contribution in [2.45, 2.75) is 50.5 Å². The smallest absolute Gasteiger partial charge is 0.255 e. The molecule has 4 aromatic heterocycles. The number of nitriles is 1. The lowest BCUT2D eigenvalue weighted by Crippen LogP contribution is -2.52. The minimum atomic E-state index is -0.667. The van der Waals surface area contributed by atoms with Gasteiger partial charge in [0.1, 0.15) is 49.0 Å². The van der Waals surface area contributed by atoms with Gasteiger partial charge in [0.15, 0.2) is 5.75 Å². The Balaban J connectivity index is 0.704. The normalized spacial score (nSPS) is 18.4. The number of carbonyl (C=O) groups is 3. The lowest BCUT2D eigenvalue weighted by molar-refractivity contribution is -0.136. The van der Waals surface area contributed by atoms with Gasteiger partial charge in [-0.2, -0.15) is 5.26 Å². The summed E-state index contributed by atoms with van der Waals surface area (Å²) in [6.07, 6.45) is 8.71. The number of imide groups is 1. The molecule has 1 N–H and O–H groups in total. The number of hydrogen-bond donors (Lipinski definition) is 1. The first-order valence-corrected chi connectivity index (χ1v) is 19.3. The molecule has 1 aliphatic carbocycles. The quantitative estimate of drug-likeness (QED) is 0.103. The Morgan fingerprint density at radius 1 is 0.881 bits per heavy atom. The van der Waals surface area contributed by atoms with Crippen LogP contribution in [0.5, 0.6) is 17.4 Å². The van der Waals surface area contributed by atoms with Crippen LogP contribution in [0, 0.1) is 23.2 Å². The van der Waals surface area contributed by atoms with E-state index in [0.29, 0.717) is 53.5 Å². The van der Waals surface area contributed by atoms with Gasteiger partial charge in [0.25, 0.3) is 5.91 Å². The molecule has 2 fully saturated rings. The van der Waals surface area contributed by atoms with Crippen molar-refractivity contribution in [2.75, 3.05) is 19.8 Å². The van der Waals surface area contributed by atoms with Gasteiger partial charge in [-0.25, -0.2) is 9.97 Å². The maximum absolute atomic E-state index is 12.9. The summed E-state index contributed by atoms with van der Waals surface area (Å²) in [6, 6.07) is 20.6. The number of aromatic nitrogens is 4. The molecular weight excluding hydrogens is 751 g/mol. The fourth-order valence-corrected chi connectivity index (χ4v) is 7.72. The zero-order chi connectivity index (χ0) is 40.5. The Morgan fingerprint density at radius 3 is 2.58 bits per heavy atom. The number of hydrogen-bond acceptors (Lipinski definition) is 11. The number of amides is 3. The van der Waals surface area contributed by atoms with Crippen molar-refractivity contribution in [3.8, 4) is 46.4 Å². The summed E-state index contributed by atoms with van der Waals surface area (Å²) in [5, 5.41) is 14.4. The summed E-state index contributed by atoms with van der Waals surface area (Å²) in [7, 11) is 2.06. The van der Waals surface area contributed by atoms with E-state index in [9.17, 15) is 19.6 Å². The fourth-order valence-electron chi connectivity index (χ4n) is 7.72. The number of fused-ring (bicyclic) bond motifs is 4. The van der Waals surface area contributed by atoms with Crippen molar-refractivity contribution in [3.05, 3.63) is 108 Å². The van der Waals surface area contributed by atoms with Gasteiger partial charge >= 0.3 is 0 Å². The van der Waals surface area contributed by atoms with Gasteiger partial charge in [0, 0.05) is 84.9 Å². The van der Waals surface area contributed by atoms with Crippen LogP contribution in [0.25, 0.3) is 32.9 Å². The van der Waals surface area contributed by atoms with Crippen molar-refractivity contribution < 1.29 is 33.3 Å². The minimum Gasteiger partial charge on any atom is -0.491 e. The van der Waals surface area contributed by atoms with Crippen LogP contribution in [-0.4, -0.2) is 80.2 Å². The molecule has 1 saturated carbocycles. The summed E-state index contributed by atoms with van der Waals surface area (Å²) in [6.45, 7) is 0.928. The molecule has 3 amide bonds. The molecule has 14 heteroatoms. The monoisotopic (exact) mass is 787 g/mol. The summed E-state index contributed by atoms with van der Waals surface area (Å²) >= 11 is 0. The highest BCUT2D eigenvalue weighted by Crippen LogP contribution is 2.34. The Hall–Kier alpha value is -7.29. The number of aryl methyl sites for hydroxylation is 1. The third kappa shape index (κ3) is 7.61. The van der Waals surface area contributed by atoms with Gasteiger partial charge in [0.2, 0.25) is 17.7 Å². The Kier molecular flexibility index (Phi) is 10.1. The number of benzene rings is 2. The lowest BCUT2D eigenvalue weighted by atomic mass is 9.92. The maximum atomic E-state index is 12.9. The van der Waals surface area contributed by atoms with Gasteiger partial charge < -0.3 is 28.4 Å². The van der Waals surface area contributed by atoms with E-state index in [1.54, 1.807) is 24.3 Å². The standard InChI is InChI=1S/C45H37N7O7/c1-51-38-12-13-47-24-37(38)36-7-4-27(19-40(36)51)28-5-11-43(49-23-28)59-34-20-33(21-34)58-41-25-48-31(17-29(41)22-46)3-2-14-56-15-16-57-32-6-8-35-30(18-32)26-52(45(35)55)39-9-10-42(53)50-44(39)54/h4-8,11-13,17-19,23-25,33-34,39H,9-10,14-16,20-21,26H2,1H3,(H,50,53,54)/t33-,34-,39-/m0/s1. The highest BCUT2D eigenvalue weighted by Gasteiger charge is 2.39. The highest BCUT2D eigenvalue weighted by molar-refractivity contribution is 6.08. The molecule has 0 bridgehead atoms. The van der Waals surface area contributed by atoms with Gasteiger partial charge in [0.05, 0.1) is 23.9 Å². The van der Waals surface area contributed by atoms with Gasteiger partial charge in [-0.15, -0.1) is 0 Å². The first kappa shape index (κ1) is 37.3. The molecule has 294 valence electrons. The number of ether oxygens (including phenoxy) is 4. The number of pyridine rings is 3. The summed E-state index contributed by atoms with van der Waals surface area (Å²) < 4.78 is 25.8. The second-order valence-corrected chi connectivity index (χ2v) is 14.6. The van der Waals surface area contributed by atoms with Crippen LogP contribution in [0.4, 0.5) is 0 Å². The molecule has 6 aromatic rings. The number of carbonyl (C=O) groups excluding carboxylic acids is 3. The average molecular weight is 788 g/mol. The van der Waals surface area contributed by atoms with Crippen LogP contribution >= 0.6 is 0 Å². The van der Waals surface area contributed by atoms with Crippen LogP contribution in [0.3, 0.4) is 0 Å². The molecule has 3 aliphatic rings.